The SMILES string of the molecule is CC(C)c1ccccc1C1CCCN1C1CC2(CCN(c3ccc(C(=O)NS(=O)c4ccc(NCC5COCCO5)c([N+](=O)[O-])c4)c(Oc4cnc5[nH]ccc5c4)c3F)CC2)C1. The van der Waals surface area contributed by atoms with Crippen LogP contribution in [-0.4, -0.2) is 88.1 Å². The van der Waals surface area contributed by atoms with Gasteiger partial charge in [0, 0.05) is 49.4 Å². The number of nitrogens with zero attached hydrogens (tertiary/aromatic N) is 4. The number of halogens is 1. The molecule has 0 radical (unpaired) electrons. The number of H-pyrrole nitrogens is 1. The first-order valence-corrected chi connectivity index (χ1v) is 22.7. The van der Waals surface area contributed by atoms with Crippen molar-refractivity contribution in [3.63, 3.8) is 0 Å². The van der Waals surface area contributed by atoms with E-state index in [9.17, 15) is 19.1 Å². The molecule has 326 valence electrons. The number of ether oxygens (including phenoxy) is 3. The number of aromatic nitrogens is 2. The summed E-state index contributed by atoms with van der Waals surface area (Å²) >= 11 is 0. The fraction of sp³-hybridized carbons (Fsp3) is 0.435. The summed E-state index contributed by atoms with van der Waals surface area (Å²) in [6.07, 6.45) is 9.41. The standard InChI is InChI=1S/C46H52FN7O7S/c1-29(2)35-6-3-4-7-36(35)39-8-5-17-53(39)31-24-46(25-31)14-18-52(19-15-46)40-12-10-37(43(42(40)47)61-32-22-30-13-16-48-44(30)50-26-32)45(55)51-62(58)34-9-11-38(41(23-34)54(56)57)49-27-33-28-59-20-21-60-33/h3-4,6-7,9-13,16,22-23,26,29,31,33,39,49H,5,8,14-15,17-21,24-25,27-28H2,1-2H3,(H,48,50)(H,51,55). The molecule has 1 aliphatic carbocycles. The fourth-order valence-electron chi connectivity index (χ4n) is 9.87. The minimum absolute atomic E-state index is 0.0179. The van der Waals surface area contributed by atoms with Gasteiger partial charge in [0.15, 0.2) is 22.6 Å². The van der Waals surface area contributed by atoms with E-state index in [2.05, 4.69) is 63.0 Å². The highest BCUT2D eigenvalue weighted by Crippen LogP contribution is 2.54. The Labute approximate surface area is 362 Å². The fourth-order valence-corrected chi connectivity index (χ4v) is 10.7. The van der Waals surface area contributed by atoms with Gasteiger partial charge in [-0.15, -0.1) is 0 Å². The van der Waals surface area contributed by atoms with Crippen LogP contribution < -0.4 is 19.7 Å². The third-order valence-electron chi connectivity index (χ3n) is 13.1. The number of amides is 1. The Kier molecular flexibility index (Phi) is 12.0. The van der Waals surface area contributed by atoms with Crippen LogP contribution in [0.2, 0.25) is 0 Å². The van der Waals surface area contributed by atoms with E-state index in [0.29, 0.717) is 62.2 Å². The van der Waals surface area contributed by atoms with E-state index >= 15 is 4.39 Å². The quantitative estimate of drug-likeness (QED) is 0.0769. The minimum Gasteiger partial charge on any atom is -0.452 e. The summed E-state index contributed by atoms with van der Waals surface area (Å²) in [6, 6.07) is 20.4. The number of carbonyl (C=O) groups is 1. The molecule has 4 fully saturated rings. The van der Waals surface area contributed by atoms with Gasteiger partial charge in [-0.25, -0.2) is 13.6 Å². The largest absolute Gasteiger partial charge is 0.452 e. The molecule has 3 saturated heterocycles. The van der Waals surface area contributed by atoms with Gasteiger partial charge in [0.2, 0.25) is 0 Å². The number of hydrogen-bond donors (Lipinski definition) is 3. The second-order valence-corrected chi connectivity index (χ2v) is 18.5. The molecule has 3 N–H and O–H groups in total. The lowest BCUT2D eigenvalue weighted by Crippen LogP contribution is -2.55. The number of carbonyl (C=O) groups excluding carboxylic acids is 1. The van der Waals surface area contributed by atoms with Gasteiger partial charge < -0.3 is 29.4 Å². The lowest BCUT2D eigenvalue weighted by atomic mass is 9.59. The zero-order valence-corrected chi connectivity index (χ0v) is 35.8. The third-order valence-corrected chi connectivity index (χ3v) is 14.2. The molecule has 5 heterocycles. The van der Waals surface area contributed by atoms with Crippen molar-refractivity contribution in [1.82, 2.24) is 19.6 Å². The van der Waals surface area contributed by atoms with Crippen LogP contribution in [0.15, 0.2) is 84.0 Å². The molecule has 1 saturated carbocycles. The Hall–Kier alpha value is -5.42. The summed E-state index contributed by atoms with van der Waals surface area (Å²) in [4.78, 5) is 37.5. The summed E-state index contributed by atoms with van der Waals surface area (Å²) in [5, 5.41) is 15.8. The van der Waals surface area contributed by atoms with Crippen molar-refractivity contribution >= 4 is 45.0 Å². The van der Waals surface area contributed by atoms with Crippen molar-refractivity contribution in [3.8, 4) is 11.5 Å². The van der Waals surface area contributed by atoms with Crippen LogP contribution in [0.4, 0.5) is 21.5 Å². The average molecular weight is 866 g/mol. The lowest BCUT2D eigenvalue weighted by molar-refractivity contribution is -0.384. The number of pyridine rings is 1. The number of rotatable bonds is 13. The molecule has 62 heavy (non-hydrogen) atoms. The zero-order valence-electron chi connectivity index (χ0n) is 34.9. The molecule has 1 spiro atoms. The van der Waals surface area contributed by atoms with Crippen LogP contribution in [0, 0.1) is 21.3 Å². The molecule has 5 aromatic rings. The predicted molar refractivity (Wildman–Crippen MR) is 235 cm³/mol. The number of likely N-dealkylation sites (tertiary alicyclic amines) is 1. The van der Waals surface area contributed by atoms with E-state index < -0.39 is 27.6 Å². The second kappa shape index (κ2) is 17.8. The summed E-state index contributed by atoms with van der Waals surface area (Å²) < 4.78 is 50.1. The molecule has 3 aliphatic heterocycles. The van der Waals surface area contributed by atoms with E-state index in [-0.39, 0.29) is 51.4 Å². The number of benzene rings is 3. The number of nitro benzene ring substituents is 1. The predicted octanol–water partition coefficient (Wildman–Crippen LogP) is 8.39. The molecule has 4 aliphatic rings. The van der Waals surface area contributed by atoms with Crippen LogP contribution in [0.5, 0.6) is 11.5 Å². The summed E-state index contributed by atoms with van der Waals surface area (Å²) in [5.74, 6) is -1.25. The van der Waals surface area contributed by atoms with Crippen molar-refractivity contribution in [2.45, 2.75) is 81.4 Å². The molecule has 3 atom stereocenters. The lowest BCUT2D eigenvalue weighted by Gasteiger charge is -2.56. The van der Waals surface area contributed by atoms with Crippen LogP contribution in [-0.2, 0) is 20.5 Å². The molecule has 0 bridgehead atoms. The van der Waals surface area contributed by atoms with Crippen LogP contribution >= 0.6 is 0 Å². The maximum absolute atomic E-state index is 17.0. The Morgan fingerprint density at radius 1 is 1.10 bits per heavy atom. The van der Waals surface area contributed by atoms with Gasteiger partial charge in [0.1, 0.15) is 17.1 Å². The smallest absolute Gasteiger partial charge is 0.293 e. The van der Waals surface area contributed by atoms with Gasteiger partial charge in [-0.3, -0.25) is 24.5 Å². The summed E-state index contributed by atoms with van der Waals surface area (Å²) in [7, 11) is -2.25. The number of nitro groups is 1. The number of anilines is 2. The summed E-state index contributed by atoms with van der Waals surface area (Å²) in [6.45, 7) is 8.51. The van der Waals surface area contributed by atoms with Crippen LogP contribution in [0.3, 0.4) is 0 Å². The van der Waals surface area contributed by atoms with Crippen molar-refractivity contribution < 1.29 is 32.5 Å². The van der Waals surface area contributed by atoms with Gasteiger partial charge in [0.05, 0.1) is 53.2 Å². The Bertz CT molecular complexity index is 2480. The van der Waals surface area contributed by atoms with E-state index in [1.54, 1.807) is 24.4 Å². The van der Waals surface area contributed by atoms with Crippen LogP contribution in [0.25, 0.3) is 11.0 Å². The van der Waals surface area contributed by atoms with E-state index in [0.717, 1.165) is 43.7 Å². The highest BCUT2D eigenvalue weighted by molar-refractivity contribution is 7.83. The van der Waals surface area contributed by atoms with Crippen LogP contribution in [0.1, 0.15) is 85.8 Å². The zero-order chi connectivity index (χ0) is 43.0. The molecular weight excluding hydrogens is 814 g/mol. The van der Waals surface area contributed by atoms with Gasteiger partial charge in [-0.05, 0) is 104 Å². The number of hydrogen-bond acceptors (Lipinski definition) is 11. The molecule has 16 heteroatoms. The van der Waals surface area contributed by atoms with Gasteiger partial charge >= 0.3 is 0 Å². The van der Waals surface area contributed by atoms with Gasteiger partial charge in [-0.2, -0.15) is 0 Å². The molecule has 14 nitrogen and oxygen atoms in total. The number of fused-ring (bicyclic) bond motifs is 1. The first-order chi connectivity index (χ1) is 30.1. The van der Waals surface area contributed by atoms with E-state index in [1.807, 2.05) is 4.90 Å². The first kappa shape index (κ1) is 41.9. The summed E-state index contributed by atoms with van der Waals surface area (Å²) in [5.41, 5.74) is 3.73. The Balaban J connectivity index is 0.906. The first-order valence-electron chi connectivity index (χ1n) is 21.5. The Morgan fingerprint density at radius 2 is 1.92 bits per heavy atom. The molecule has 1 amide bonds. The molecule has 2 aromatic heterocycles. The van der Waals surface area contributed by atoms with Gasteiger partial charge in [-0.1, -0.05) is 38.1 Å². The van der Waals surface area contributed by atoms with Crippen molar-refractivity contribution in [2.24, 2.45) is 5.41 Å². The maximum atomic E-state index is 17.0. The Morgan fingerprint density at radius 3 is 2.69 bits per heavy atom. The minimum atomic E-state index is -2.25. The van der Waals surface area contributed by atoms with E-state index in [4.69, 9.17) is 14.2 Å². The average Bonchev–Trinajstić information content (AvgIpc) is 3.96. The highest BCUT2D eigenvalue weighted by Gasteiger charge is 2.50. The highest BCUT2D eigenvalue weighted by atomic mass is 32.2. The maximum Gasteiger partial charge on any atom is 0.293 e. The second-order valence-electron chi connectivity index (χ2n) is 17.3. The van der Waals surface area contributed by atoms with Gasteiger partial charge in [0.25, 0.3) is 11.6 Å². The number of nitrogens with one attached hydrogen (secondary N) is 3. The van der Waals surface area contributed by atoms with E-state index in [1.165, 1.54) is 48.4 Å². The third kappa shape index (κ3) is 8.52. The van der Waals surface area contributed by atoms with Crippen molar-refractivity contribution in [2.75, 3.05) is 56.2 Å². The normalized spacial score (nSPS) is 20.9. The molecule has 3 aromatic carbocycles. The molecular formula is C46H52FN7O7S. The molecule has 3 unspecified atom stereocenters. The number of aromatic amines is 1. The molecule has 9 rings (SSSR count). The van der Waals surface area contributed by atoms with Crippen molar-refractivity contribution in [1.29, 1.82) is 0 Å². The van der Waals surface area contributed by atoms with Crippen molar-refractivity contribution in [3.05, 3.63) is 112 Å². The topological polar surface area (TPSA) is 164 Å². The number of piperidine rings is 1. The monoisotopic (exact) mass is 865 g/mol.